The second kappa shape index (κ2) is 4.19. The lowest BCUT2D eigenvalue weighted by atomic mass is 10.1. The molecule has 16 heavy (non-hydrogen) atoms. The third-order valence-electron chi connectivity index (χ3n) is 2.29. The first-order chi connectivity index (χ1) is 7.58. The zero-order chi connectivity index (χ0) is 11.7. The Hall–Kier alpha value is -1.46. The van der Waals surface area contributed by atoms with Crippen LogP contribution in [0.15, 0.2) is 18.2 Å². The van der Waals surface area contributed by atoms with E-state index in [4.69, 9.17) is 5.73 Å². The van der Waals surface area contributed by atoms with Gasteiger partial charge < -0.3 is 10.8 Å². The van der Waals surface area contributed by atoms with E-state index in [-0.39, 0.29) is 11.8 Å². The summed E-state index contributed by atoms with van der Waals surface area (Å²) >= 11 is 1.45. The topological polar surface area (TPSA) is 72.0 Å². The van der Waals surface area contributed by atoms with Crippen molar-refractivity contribution in [3.63, 3.8) is 0 Å². The third kappa shape index (κ3) is 2.05. The standard InChI is InChI=1S/C11H13N3OS/c1-6-3-4-8(5-9(6)15)11-14-13-10(16-11)7(2)12/h3-5,7,15H,12H2,1-2H3. The van der Waals surface area contributed by atoms with E-state index in [0.717, 1.165) is 21.1 Å². The molecule has 2 rings (SSSR count). The van der Waals surface area contributed by atoms with Crippen LogP contribution >= 0.6 is 11.3 Å². The molecular weight excluding hydrogens is 222 g/mol. The van der Waals surface area contributed by atoms with E-state index >= 15 is 0 Å². The summed E-state index contributed by atoms with van der Waals surface area (Å²) < 4.78 is 0. The summed E-state index contributed by atoms with van der Waals surface area (Å²) in [7, 11) is 0. The van der Waals surface area contributed by atoms with Gasteiger partial charge in [0, 0.05) is 5.56 Å². The van der Waals surface area contributed by atoms with Gasteiger partial charge in [-0.2, -0.15) is 0 Å². The molecule has 0 aliphatic carbocycles. The van der Waals surface area contributed by atoms with Crippen LogP contribution in [0.5, 0.6) is 5.75 Å². The maximum Gasteiger partial charge on any atom is 0.147 e. The van der Waals surface area contributed by atoms with Gasteiger partial charge >= 0.3 is 0 Å². The molecule has 1 aromatic carbocycles. The number of aromatic hydroxyl groups is 1. The SMILES string of the molecule is Cc1ccc(-c2nnc(C(C)N)s2)cc1O. The molecule has 84 valence electrons. The number of aromatic nitrogens is 2. The fraction of sp³-hybridized carbons (Fsp3) is 0.273. The van der Waals surface area contributed by atoms with Crippen LogP contribution in [-0.2, 0) is 0 Å². The van der Waals surface area contributed by atoms with Gasteiger partial charge in [-0.1, -0.05) is 23.5 Å². The molecule has 0 saturated carbocycles. The Bertz CT molecular complexity index is 508. The van der Waals surface area contributed by atoms with Gasteiger partial charge in [-0.15, -0.1) is 10.2 Å². The van der Waals surface area contributed by atoms with Crippen molar-refractivity contribution in [3.05, 3.63) is 28.8 Å². The van der Waals surface area contributed by atoms with Gasteiger partial charge in [-0.3, -0.25) is 0 Å². The third-order valence-corrected chi connectivity index (χ3v) is 3.46. The molecule has 1 atom stereocenters. The molecule has 1 unspecified atom stereocenters. The van der Waals surface area contributed by atoms with Crippen LogP contribution in [0.25, 0.3) is 10.6 Å². The molecule has 1 heterocycles. The van der Waals surface area contributed by atoms with E-state index in [9.17, 15) is 5.11 Å². The fourth-order valence-electron chi connectivity index (χ4n) is 1.28. The molecule has 0 spiro atoms. The van der Waals surface area contributed by atoms with E-state index in [1.54, 1.807) is 6.07 Å². The van der Waals surface area contributed by atoms with Gasteiger partial charge in [-0.05, 0) is 25.5 Å². The van der Waals surface area contributed by atoms with E-state index in [1.165, 1.54) is 11.3 Å². The molecule has 0 amide bonds. The van der Waals surface area contributed by atoms with Crippen molar-refractivity contribution in [2.45, 2.75) is 19.9 Å². The zero-order valence-electron chi connectivity index (χ0n) is 9.14. The number of nitrogens with two attached hydrogens (primary N) is 1. The minimum atomic E-state index is -0.106. The molecule has 0 aliphatic heterocycles. The zero-order valence-corrected chi connectivity index (χ0v) is 9.95. The van der Waals surface area contributed by atoms with E-state index in [0.29, 0.717) is 0 Å². The molecular formula is C11H13N3OS. The van der Waals surface area contributed by atoms with Crippen molar-refractivity contribution in [1.29, 1.82) is 0 Å². The Balaban J connectivity index is 2.39. The molecule has 2 aromatic rings. The number of hydrogen-bond acceptors (Lipinski definition) is 5. The highest BCUT2D eigenvalue weighted by atomic mass is 32.1. The molecule has 0 radical (unpaired) electrons. The maximum absolute atomic E-state index is 9.61. The molecule has 0 saturated heterocycles. The smallest absolute Gasteiger partial charge is 0.147 e. The largest absolute Gasteiger partial charge is 0.508 e. The van der Waals surface area contributed by atoms with Crippen LogP contribution < -0.4 is 5.73 Å². The number of benzene rings is 1. The predicted octanol–water partition coefficient (Wildman–Crippen LogP) is 2.24. The molecule has 3 N–H and O–H groups in total. The van der Waals surface area contributed by atoms with Gasteiger partial charge in [0.15, 0.2) is 0 Å². The second-order valence-corrected chi connectivity index (χ2v) is 4.74. The Morgan fingerprint density at radius 1 is 1.38 bits per heavy atom. The van der Waals surface area contributed by atoms with Gasteiger partial charge in [0.2, 0.25) is 0 Å². The molecule has 1 aromatic heterocycles. The highest BCUT2D eigenvalue weighted by Crippen LogP contribution is 2.29. The summed E-state index contributed by atoms with van der Waals surface area (Å²) in [5, 5.41) is 19.3. The average molecular weight is 235 g/mol. The lowest BCUT2D eigenvalue weighted by Crippen LogP contribution is -2.03. The number of aryl methyl sites for hydroxylation is 1. The lowest BCUT2D eigenvalue weighted by Gasteiger charge is -2.00. The Kier molecular flexibility index (Phi) is 2.89. The van der Waals surface area contributed by atoms with Crippen LogP contribution in [0, 0.1) is 6.92 Å². The number of phenols is 1. The molecule has 0 fully saturated rings. The monoisotopic (exact) mass is 235 g/mol. The first-order valence-corrected chi connectivity index (χ1v) is 5.78. The normalized spacial score (nSPS) is 12.7. The van der Waals surface area contributed by atoms with Gasteiger partial charge in [0.05, 0.1) is 6.04 Å². The van der Waals surface area contributed by atoms with Crippen LogP contribution in [0.4, 0.5) is 0 Å². The van der Waals surface area contributed by atoms with Gasteiger partial charge in [-0.25, -0.2) is 0 Å². The van der Waals surface area contributed by atoms with Crippen molar-refractivity contribution in [3.8, 4) is 16.3 Å². The maximum atomic E-state index is 9.61. The lowest BCUT2D eigenvalue weighted by molar-refractivity contribution is 0.471. The minimum Gasteiger partial charge on any atom is -0.508 e. The van der Waals surface area contributed by atoms with E-state index < -0.39 is 0 Å². The van der Waals surface area contributed by atoms with Crippen LogP contribution in [0.3, 0.4) is 0 Å². The van der Waals surface area contributed by atoms with Crippen LogP contribution in [0.2, 0.25) is 0 Å². The first kappa shape index (κ1) is 11.0. The second-order valence-electron chi connectivity index (χ2n) is 3.74. The Morgan fingerprint density at radius 2 is 2.12 bits per heavy atom. The number of phenolic OH excluding ortho intramolecular Hbond substituents is 1. The number of nitrogens with zero attached hydrogens (tertiary/aromatic N) is 2. The van der Waals surface area contributed by atoms with Crippen molar-refractivity contribution >= 4 is 11.3 Å². The van der Waals surface area contributed by atoms with E-state index in [2.05, 4.69) is 10.2 Å². The fourth-order valence-corrected chi connectivity index (χ4v) is 2.07. The van der Waals surface area contributed by atoms with Crippen molar-refractivity contribution in [1.82, 2.24) is 10.2 Å². The predicted molar refractivity (Wildman–Crippen MR) is 64.3 cm³/mol. The summed E-state index contributed by atoms with van der Waals surface area (Å²) in [5.41, 5.74) is 7.43. The summed E-state index contributed by atoms with van der Waals surface area (Å²) in [5.74, 6) is 0.273. The summed E-state index contributed by atoms with van der Waals surface area (Å²) in [6.07, 6.45) is 0. The molecule has 0 aliphatic rings. The van der Waals surface area contributed by atoms with E-state index in [1.807, 2.05) is 26.0 Å². The highest BCUT2D eigenvalue weighted by molar-refractivity contribution is 7.14. The molecule has 4 nitrogen and oxygen atoms in total. The van der Waals surface area contributed by atoms with Crippen LogP contribution in [0.1, 0.15) is 23.5 Å². The Labute approximate surface area is 97.8 Å². The minimum absolute atomic E-state index is 0.106. The summed E-state index contributed by atoms with van der Waals surface area (Å²) in [6, 6.07) is 5.36. The summed E-state index contributed by atoms with van der Waals surface area (Å²) in [4.78, 5) is 0. The number of hydrogen-bond donors (Lipinski definition) is 2. The molecule has 0 bridgehead atoms. The summed E-state index contributed by atoms with van der Waals surface area (Å²) in [6.45, 7) is 3.73. The first-order valence-electron chi connectivity index (χ1n) is 4.97. The quantitative estimate of drug-likeness (QED) is 0.837. The van der Waals surface area contributed by atoms with Crippen molar-refractivity contribution in [2.24, 2.45) is 5.73 Å². The van der Waals surface area contributed by atoms with Gasteiger partial charge in [0.1, 0.15) is 15.8 Å². The highest BCUT2D eigenvalue weighted by Gasteiger charge is 2.10. The van der Waals surface area contributed by atoms with Crippen molar-refractivity contribution < 1.29 is 5.11 Å². The van der Waals surface area contributed by atoms with Crippen LogP contribution in [-0.4, -0.2) is 15.3 Å². The van der Waals surface area contributed by atoms with Crippen molar-refractivity contribution in [2.75, 3.05) is 0 Å². The van der Waals surface area contributed by atoms with Gasteiger partial charge in [0.25, 0.3) is 0 Å². The average Bonchev–Trinajstić information content (AvgIpc) is 2.71. The Morgan fingerprint density at radius 3 is 2.69 bits per heavy atom. The molecule has 5 heteroatoms. The number of rotatable bonds is 2.